The number of benzene rings is 2. The Balaban J connectivity index is 1.97. The highest BCUT2D eigenvalue weighted by Crippen LogP contribution is 2.23. The standard InChI is InChI=1S/C18H22BrNS/c1-3-20-16(12-15-8-4-5-10-18(15)19)13-21-17-9-6-7-14(2)11-17/h4-11,16,20H,3,12-13H2,1-2H3. The third kappa shape index (κ3) is 5.50. The zero-order valence-corrected chi connectivity index (χ0v) is 15.0. The minimum atomic E-state index is 0.485. The van der Waals surface area contributed by atoms with E-state index in [4.69, 9.17) is 0 Å². The summed E-state index contributed by atoms with van der Waals surface area (Å²) in [6, 6.07) is 17.7. The molecule has 112 valence electrons. The minimum absolute atomic E-state index is 0.485. The molecule has 0 heterocycles. The van der Waals surface area contributed by atoms with E-state index in [1.165, 1.54) is 20.5 Å². The summed E-state index contributed by atoms with van der Waals surface area (Å²) in [5.41, 5.74) is 2.69. The van der Waals surface area contributed by atoms with Crippen molar-refractivity contribution < 1.29 is 0 Å². The molecule has 2 aromatic carbocycles. The van der Waals surface area contributed by atoms with Crippen LogP contribution < -0.4 is 5.32 Å². The number of aryl methyl sites for hydroxylation is 1. The van der Waals surface area contributed by atoms with Crippen molar-refractivity contribution in [2.75, 3.05) is 12.3 Å². The Morgan fingerprint density at radius 1 is 1.14 bits per heavy atom. The highest BCUT2D eigenvalue weighted by molar-refractivity contribution is 9.10. The van der Waals surface area contributed by atoms with Crippen LogP contribution in [0.4, 0.5) is 0 Å². The Labute approximate surface area is 140 Å². The van der Waals surface area contributed by atoms with E-state index in [1.807, 2.05) is 11.8 Å². The predicted octanol–water partition coefficient (Wildman–Crippen LogP) is 5.07. The number of hydrogen-bond acceptors (Lipinski definition) is 2. The molecule has 1 N–H and O–H groups in total. The normalized spacial score (nSPS) is 12.3. The van der Waals surface area contributed by atoms with E-state index in [1.54, 1.807) is 0 Å². The van der Waals surface area contributed by atoms with Crippen LogP contribution >= 0.6 is 27.7 Å². The first-order chi connectivity index (χ1) is 10.2. The van der Waals surface area contributed by atoms with Crippen LogP contribution in [-0.4, -0.2) is 18.3 Å². The van der Waals surface area contributed by atoms with Gasteiger partial charge < -0.3 is 5.32 Å². The summed E-state index contributed by atoms with van der Waals surface area (Å²) in [6.45, 7) is 5.32. The molecule has 0 radical (unpaired) electrons. The maximum atomic E-state index is 3.65. The van der Waals surface area contributed by atoms with Gasteiger partial charge in [0.05, 0.1) is 0 Å². The average molecular weight is 364 g/mol. The van der Waals surface area contributed by atoms with Crippen LogP contribution in [0.5, 0.6) is 0 Å². The summed E-state index contributed by atoms with van der Waals surface area (Å²) >= 11 is 5.58. The zero-order chi connectivity index (χ0) is 15.1. The largest absolute Gasteiger partial charge is 0.313 e. The lowest BCUT2D eigenvalue weighted by atomic mass is 10.1. The second-order valence-electron chi connectivity index (χ2n) is 5.18. The summed E-state index contributed by atoms with van der Waals surface area (Å²) in [5, 5.41) is 3.60. The first-order valence-corrected chi connectivity index (χ1v) is 9.13. The monoisotopic (exact) mass is 363 g/mol. The van der Waals surface area contributed by atoms with E-state index >= 15 is 0 Å². The molecule has 21 heavy (non-hydrogen) atoms. The topological polar surface area (TPSA) is 12.0 Å². The molecule has 0 spiro atoms. The number of halogens is 1. The van der Waals surface area contributed by atoms with Gasteiger partial charge in [0.1, 0.15) is 0 Å². The number of hydrogen-bond donors (Lipinski definition) is 1. The van der Waals surface area contributed by atoms with Crippen molar-refractivity contribution in [2.45, 2.75) is 31.2 Å². The van der Waals surface area contributed by atoms with Gasteiger partial charge in [0.15, 0.2) is 0 Å². The van der Waals surface area contributed by atoms with Crippen LogP contribution in [0.1, 0.15) is 18.1 Å². The van der Waals surface area contributed by atoms with E-state index in [9.17, 15) is 0 Å². The quantitative estimate of drug-likeness (QED) is 0.689. The second kappa shape index (κ2) is 8.62. The van der Waals surface area contributed by atoms with Crippen LogP contribution in [-0.2, 0) is 6.42 Å². The van der Waals surface area contributed by atoms with Crippen LogP contribution in [0.25, 0.3) is 0 Å². The molecule has 2 rings (SSSR count). The highest BCUT2D eigenvalue weighted by atomic mass is 79.9. The number of nitrogens with one attached hydrogen (secondary N) is 1. The molecular weight excluding hydrogens is 342 g/mol. The molecule has 0 aromatic heterocycles. The Hall–Kier alpha value is -0.770. The van der Waals surface area contributed by atoms with Crippen molar-refractivity contribution in [1.82, 2.24) is 5.32 Å². The molecular formula is C18H22BrNS. The van der Waals surface area contributed by atoms with Crippen molar-refractivity contribution in [3.05, 3.63) is 64.1 Å². The van der Waals surface area contributed by atoms with Gasteiger partial charge >= 0.3 is 0 Å². The maximum absolute atomic E-state index is 3.65. The molecule has 1 atom stereocenters. The van der Waals surface area contributed by atoms with Gasteiger partial charge in [0.25, 0.3) is 0 Å². The van der Waals surface area contributed by atoms with E-state index in [0.717, 1.165) is 18.7 Å². The van der Waals surface area contributed by atoms with Crippen molar-refractivity contribution in [3.63, 3.8) is 0 Å². The molecule has 2 aromatic rings. The Morgan fingerprint density at radius 3 is 2.67 bits per heavy atom. The predicted molar refractivity (Wildman–Crippen MR) is 97.2 cm³/mol. The first-order valence-electron chi connectivity index (χ1n) is 7.35. The van der Waals surface area contributed by atoms with Gasteiger partial charge in [-0.3, -0.25) is 0 Å². The fourth-order valence-electron chi connectivity index (χ4n) is 2.31. The van der Waals surface area contributed by atoms with Gasteiger partial charge in [0, 0.05) is 21.2 Å². The minimum Gasteiger partial charge on any atom is -0.313 e. The lowest BCUT2D eigenvalue weighted by Gasteiger charge is -2.18. The Bertz CT molecular complexity index is 571. The van der Waals surface area contributed by atoms with Gasteiger partial charge in [-0.1, -0.05) is 58.7 Å². The van der Waals surface area contributed by atoms with Gasteiger partial charge in [-0.25, -0.2) is 0 Å². The Kier molecular flexibility index (Phi) is 6.81. The SMILES string of the molecule is CCNC(CSc1cccc(C)c1)Cc1ccccc1Br. The van der Waals surface area contributed by atoms with Crippen molar-refractivity contribution in [3.8, 4) is 0 Å². The molecule has 3 heteroatoms. The zero-order valence-electron chi connectivity index (χ0n) is 12.6. The van der Waals surface area contributed by atoms with Crippen LogP contribution in [0.15, 0.2) is 57.9 Å². The number of thioether (sulfide) groups is 1. The number of rotatable bonds is 7. The molecule has 0 bridgehead atoms. The van der Waals surface area contributed by atoms with E-state index in [-0.39, 0.29) is 0 Å². The first kappa shape index (κ1) is 16.6. The van der Waals surface area contributed by atoms with Crippen molar-refractivity contribution in [2.24, 2.45) is 0 Å². The van der Waals surface area contributed by atoms with E-state index in [0.29, 0.717) is 6.04 Å². The molecule has 0 aliphatic carbocycles. The molecule has 0 aliphatic heterocycles. The summed E-state index contributed by atoms with van der Waals surface area (Å²) in [5.74, 6) is 1.08. The smallest absolute Gasteiger partial charge is 0.0207 e. The lowest BCUT2D eigenvalue weighted by Crippen LogP contribution is -2.33. The molecule has 0 saturated carbocycles. The number of likely N-dealkylation sites (N-methyl/N-ethyl adjacent to an activating group) is 1. The maximum Gasteiger partial charge on any atom is 0.0207 e. The fraction of sp³-hybridized carbons (Fsp3) is 0.333. The summed E-state index contributed by atoms with van der Waals surface area (Å²) in [4.78, 5) is 1.35. The fourth-order valence-corrected chi connectivity index (χ4v) is 3.83. The lowest BCUT2D eigenvalue weighted by molar-refractivity contribution is 0.572. The van der Waals surface area contributed by atoms with Gasteiger partial charge in [0.2, 0.25) is 0 Å². The molecule has 0 fully saturated rings. The highest BCUT2D eigenvalue weighted by Gasteiger charge is 2.11. The average Bonchev–Trinajstić information content (AvgIpc) is 2.47. The van der Waals surface area contributed by atoms with Crippen LogP contribution in [0.3, 0.4) is 0 Å². The van der Waals surface area contributed by atoms with Crippen molar-refractivity contribution >= 4 is 27.7 Å². The molecule has 0 amide bonds. The third-order valence-electron chi connectivity index (χ3n) is 3.36. The molecule has 0 saturated heterocycles. The molecule has 0 aliphatic rings. The molecule has 1 unspecified atom stereocenters. The van der Waals surface area contributed by atoms with Crippen molar-refractivity contribution in [1.29, 1.82) is 0 Å². The van der Waals surface area contributed by atoms with E-state index in [2.05, 4.69) is 83.6 Å². The van der Waals surface area contributed by atoms with Gasteiger partial charge in [-0.2, -0.15) is 0 Å². The summed E-state index contributed by atoms with van der Waals surface area (Å²) in [7, 11) is 0. The third-order valence-corrected chi connectivity index (χ3v) is 5.29. The van der Waals surface area contributed by atoms with E-state index < -0.39 is 0 Å². The van der Waals surface area contributed by atoms with Crippen LogP contribution in [0, 0.1) is 6.92 Å². The van der Waals surface area contributed by atoms with Crippen LogP contribution in [0.2, 0.25) is 0 Å². The molecule has 1 nitrogen and oxygen atoms in total. The van der Waals surface area contributed by atoms with Gasteiger partial charge in [-0.05, 0) is 43.7 Å². The summed E-state index contributed by atoms with van der Waals surface area (Å²) < 4.78 is 1.20. The second-order valence-corrected chi connectivity index (χ2v) is 7.13. The Morgan fingerprint density at radius 2 is 1.95 bits per heavy atom. The van der Waals surface area contributed by atoms with Gasteiger partial charge in [-0.15, -0.1) is 11.8 Å². The summed E-state index contributed by atoms with van der Waals surface area (Å²) in [6.07, 6.45) is 1.05.